The molecule has 0 amide bonds. The lowest BCUT2D eigenvalue weighted by Crippen LogP contribution is -2.01. The van der Waals surface area contributed by atoms with Crippen LogP contribution in [0.5, 0.6) is 0 Å². The minimum Gasteiger partial charge on any atom is -0.208 e. The third-order valence-corrected chi connectivity index (χ3v) is 10.3. The van der Waals surface area contributed by atoms with Crippen molar-refractivity contribution in [1.29, 1.82) is 0 Å². The van der Waals surface area contributed by atoms with Crippen molar-refractivity contribution in [2.24, 2.45) is 0 Å². The Morgan fingerprint density at radius 3 is 1.35 bits per heavy atom. The molecule has 54 heavy (non-hydrogen) atoms. The molecule has 10 rings (SSSR count). The van der Waals surface area contributed by atoms with E-state index in [9.17, 15) is 0 Å². The first kappa shape index (κ1) is 31.5. The summed E-state index contributed by atoms with van der Waals surface area (Å²) >= 11 is 0. The highest BCUT2D eigenvalue weighted by molar-refractivity contribution is 5.99. The molecule has 0 fully saturated rings. The smallest absolute Gasteiger partial charge is 0.164 e. The van der Waals surface area contributed by atoms with Gasteiger partial charge in [-0.05, 0) is 96.0 Å². The number of fused-ring (bicyclic) bond motifs is 3. The minimum absolute atomic E-state index is 0.627. The van der Waals surface area contributed by atoms with Crippen molar-refractivity contribution in [3.05, 3.63) is 200 Å². The van der Waals surface area contributed by atoms with E-state index >= 15 is 0 Å². The van der Waals surface area contributed by atoms with Crippen molar-refractivity contribution in [3.8, 4) is 67.5 Å². The number of benzene rings is 9. The average molecular weight is 688 g/mol. The van der Waals surface area contributed by atoms with Crippen molar-refractivity contribution >= 4 is 32.3 Å². The molecule has 0 saturated carbocycles. The predicted molar refractivity (Wildman–Crippen MR) is 225 cm³/mol. The number of nitrogens with zero attached hydrogens (tertiary/aromatic N) is 3. The van der Waals surface area contributed by atoms with Crippen molar-refractivity contribution in [2.75, 3.05) is 0 Å². The van der Waals surface area contributed by atoms with Gasteiger partial charge >= 0.3 is 0 Å². The number of aromatic nitrogens is 3. The quantitative estimate of drug-likeness (QED) is 0.175. The standard InChI is InChI=1S/C51H33N3/c1-3-13-34(14-4-1)42-31-43(35-15-5-2-6-16-35)33-44(32-42)49-52-50(47-23-11-20-37-18-9-10-22-45(37)47)54-51(53-49)48-24-12-21-41-30-40(27-28-46(41)48)39-26-25-36-17-7-8-19-38(36)29-39/h1-33H. The molecule has 10 aromatic rings. The van der Waals surface area contributed by atoms with E-state index in [1.165, 1.54) is 21.9 Å². The van der Waals surface area contributed by atoms with Crippen LogP contribution in [0.25, 0.3) is 99.9 Å². The minimum atomic E-state index is 0.627. The van der Waals surface area contributed by atoms with Crippen molar-refractivity contribution < 1.29 is 0 Å². The Morgan fingerprint density at radius 1 is 0.222 bits per heavy atom. The maximum atomic E-state index is 5.29. The molecule has 252 valence electrons. The molecule has 3 heteroatoms. The third-order valence-electron chi connectivity index (χ3n) is 10.3. The Bertz CT molecular complexity index is 2930. The summed E-state index contributed by atoms with van der Waals surface area (Å²) < 4.78 is 0. The molecular formula is C51H33N3. The first-order valence-electron chi connectivity index (χ1n) is 18.3. The van der Waals surface area contributed by atoms with Crippen LogP contribution in [0.3, 0.4) is 0 Å². The van der Waals surface area contributed by atoms with Gasteiger partial charge in [0.05, 0.1) is 0 Å². The highest BCUT2D eigenvalue weighted by Gasteiger charge is 2.18. The van der Waals surface area contributed by atoms with Crippen LogP contribution in [0.2, 0.25) is 0 Å². The van der Waals surface area contributed by atoms with Gasteiger partial charge in [0.25, 0.3) is 0 Å². The molecule has 0 unspecified atom stereocenters. The van der Waals surface area contributed by atoms with E-state index < -0.39 is 0 Å². The van der Waals surface area contributed by atoms with Crippen LogP contribution in [-0.2, 0) is 0 Å². The van der Waals surface area contributed by atoms with Gasteiger partial charge in [0, 0.05) is 16.7 Å². The molecular weight excluding hydrogens is 655 g/mol. The monoisotopic (exact) mass is 687 g/mol. The van der Waals surface area contributed by atoms with Gasteiger partial charge < -0.3 is 0 Å². The van der Waals surface area contributed by atoms with Gasteiger partial charge in [0.2, 0.25) is 0 Å². The Morgan fingerprint density at radius 2 is 0.685 bits per heavy atom. The number of hydrogen-bond acceptors (Lipinski definition) is 3. The second kappa shape index (κ2) is 13.4. The first-order chi connectivity index (χ1) is 26.7. The van der Waals surface area contributed by atoms with E-state index in [4.69, 9.17) is 15.0 Å². The van der Waals surface area contributed by atoms with Gasteiger partial charge in [-0.1, -0.05) is 170 Å². The van der Waals surface area contributed by atoms with E-state index in [1.54, 1.807) is 0 Å². The fraction of sp³-hybridized carbons (Fsp3) is 0. The lowest BCUT2D eigenvalue weighted by atomic mass is 9.95. The largest absolute Gasteiger partial charge is 0.208 e. The Hall–Kier alpha value is -7.23. The highest BCUT2D eigenvalue weighted by atomic mass is 15.0. The molecule has 0 radical (unpaired) electrons. The summed E-state index contributed by atoms with van der Waals surface area (Å²) in [7, 11) is 0. The van der Waals surface area contributed by atoms with Gasteiger partial charge in [-0.25, -0.2) is 15.0 Å². The predicted octanol–water partition coefficient (Wildman–Crippen LogP) is 13.3. The van der Waals surface area contributed by atoms with E-state index in [0.717, 1.165) is 60.5 Å². The van der Waals surface area contributed by atoms with Crippen molar-refractivity contribution in [1.82, 2.24) is 15.0 Å². The lowest BCUT2D eigenvalue weighted by molar-refractivity contribution is 1.08. The van der Waals surface area contributed by atoms with E-state index in [-0.39, 0.29) is 0 Å². The van der Waals surface area contributed by atoms with Crippen LogP contribution in [0, 0.1) is 0 Å². The summed E-state index contributed by atoms with van der Waals surface area (Å²) in [4.78, 5) is 15.8. The fourth-order valence-electron chi connectivity index (χ4n) is 7.54. The summed E-state index contributed by atoms with van der Waals surface area (Å²) in [5.41, 5.74) is 9.70. The molecule has 1 aromatic heterocycles. The zero-order valence-corrected chi connectivity index (χ0v) is 29.4. The van der Waals surface area contributed by atoms with Crippen LogP contribution in [0.15, 0.2) is 200 Å². The Labute approximate surface area is 313 Å². The molecule has 0 bridgehead atoms. The van der Waals surface area contributed by atoms with Gasteiger partial charge in [0.15, 0.2) is 17.5 Å². The molecule has 0 aliphatic heterocycles. The van der Waals surface area contributed by atoms with Crippen LogP contribution in [-0.4, -0.2) is 15.0 Å². The van der Waals surface area contributed by atoms with Crippen LogP contribution >= 0.6 is 0 Å². The molecule has 0 aliphatic rings. The van der Waals surface area contributed by atoms with Gasteiger partial charge in [0.1, 0.15) is 0 Å². The maximum absolute atomic E-state index is 5.29. The van der Waals surface area contributed by atoms with Gasteiger partial charge in [-0.3, -0.25) is 0 Å². The summed E-state index contributed by atoms with van der Waals surface area (Å²) in [6.45, 7) is 0. The average Bonchev–Trinajstić information content (AvgIpc) is 3.26. The summed E-state index contributed by atoms with van der Waals surface area (Å²) in [5.74, 6) is 1.91. The first-order valence-corrected chi connectivity index (χ1v) is 18.3. The van der Waals surface area contributed by atoms with Crippen molar-refractivity contribution in [2.45, 2.75) is 0 Å². The van der Waals surface area contributed by atoms with Crippen molar-refractivity contribution in [3.63, 3.8) is 0 Å². The Balaban J connectivity index is 1.18. The van der Waals surface area contributed by atoms with E-state index in [1.807, 2.05) is 0 Å². The second-order valence-corrected chi connectivity index (χ2v) is 13.7. The summed E-state index contributed by atoms with van der Waals surface area (Å²) in [5, 5.41) is 6.93. The van der Waals surface area contributed by atoms with Gasteiger partial charge in [-0.15, -0.1) is 0 Å². The lowest BCUT2D eigenvalue weighted by Gasteiger charge is -2.14. The topological polar surface area (TPSA) is 38.7 Å². The van der Waals surface area contributed by atoms with E-state index in [2.05, 4.69) is 200 Å². The normalized spacial score (nSPS) is 11.3. The summed E-state index contributed by atoms with van der Waals surface area (Å²) in [6, 6.07) is 70.7. The van der Waals surface area contributed by atoms with Crippen LogP contribution < -0.4 is 0 Å². The second-order valence-electron chi connectivity index (χ2n) is 13.7. The molecule has 0 N–H and O–H groups in total. The molecule has 0 saturated heterocycles. The molecule has 0 aliphatic carbocycles. The third kappa shape index (κ3) is 5.88. The fourth-order valence-corrected chi connectivity index (χ4v) is 7.54. The zero-order valence-electron chi connectivity index (χ0n) is 29.4. The molecule has 0 spiro atoms. The number of hydrogen-bond donors (Lipinski definition) is 0. The molecule has 0 atom stereocenters. The van der Waals surface area contributed by atoms with E-state index in [0.29, 0.717) is 17.5 Å². The van der Waals surface area contributed by atoms with Gasteiger partial charge in [-0.2, -0.15) is 0 Å². The maximum Gasteiger partial charge on any atom is 0.164 e. The molecule has 3 nitrogen and oxygen atoms in total. The van der Waals surface area contributed by atoms with Crippen LogP contribution in [0.1, 0.15) is 0 Å². The SMILES string of the molecule is c1ccc(-c2cc(-c3ccccc3)cc(-c3nc(-c4cccc5ccccc45)nc(-c4cccc5cc(-c6ccc7ccccc7c6)ccc45)n3)c2)cc1. The molecule has 9 aromatic carbocycles. The highest BCUT2D eigenvalue weighted by Crippen LogP contribution is 2.37. The molecule has 1 heterocycles. The van der Waals surface area contributed by atoms with Crippen LogP contribution in [0.4, 0.5) is 0 Å². The summed E-state index contributed by atoms with van der Waals surface area (Å²) in [6.07, 6.45) is 0. The zero-order chi connectivity index (χ0) is 35.8. The Kier molecular flexibility index (Phi) is 7.81. The number of rotatable bonds is 6.